The first-order valence-electron chi connectivity index (χ1n) is 9.91. The van der Waals surface area contributed by atoms with E-state index in [-0.39, 0.29) is 24.3 Å². The summed E-state index contributed by atoms with van der Waals surface area (Å²) in [7, 11) is 0. The predicted molar refractivity (Wildman–Crippen MR) is 102 cm³/mol. The van der Waals surface area contributed by atoms with E-state index >= 15 is 0 Å². The van der Waals surface area contributed by atoms with E-state index < -0.39 is 30.3 Å². The molecule has 1 saturated carbocycles. The van der Waals surface area contributed by atoms with Crippen molar-refractivity contribution >= 4 is 5.91 Å². The second kappa shape index (κ2) is 7.49. The van der Waals surface area contributed by atoms with Crippen LogP contribution in [0.3, 0.4) is 0 Å². The Kier molecular flexibility index (Phi) is 4.77. The zero-order chi connectivity index (χ0) is 21.7. The Morgan fingerprint density at radius 2 is 1.84 bits per heavy atom. The number of alkyl halides is 2. The van der Waals surface area contributed by atoms with Gasteiger partial charge in [0.25, 0.3) is 11.8 Å². The van der Waals surface area contributed by atoms with Gasteiger partial charge in [-0.2, -0.15) is 8.78 Å². The lowest BCUT2D eigenvalue weighted by Crippen LogP contribution is -2.38. The van der Waals surface area contributed by atoms with Crippen LogP contribution in [0.15, 0.2) is 46.9 Å². The molecule has 160 valence electrons. The van der Waals surface area contributed by atoms with E-state index in [9.17, 15) is 23.1 Å². The molecule has 5 rings (SSSR count). The van der Waals surface area contributed by atoms with Gasteiger partial charge < -0.3 is 14.4 Å². The third-order valence-corrected chi connectivity index (χ3v) is 5.79. The van der Waals surface area contributed by atoms with Crippen LogP contribution in [0.1, 0.15) is 52.7 Å². The molecule has 0 bridgehead atoms. The SMILES string of the molecule is O=C1c2cc(-c3nnc(C(F)F)o3)ccc2CN1C(c1ccc(F)cc1)C(O)C1CC1. The quantitative estimate of drug-likeness (QED) is 0.633. The number of hydrogen-bond donors (Lipinski definition) is 1. The molecule has 6 nitrogen and oxygen atoms in total. The fraction of sp³-hybridized carbons (Fsp3) is 0.318. The van der Waals surface area contributed by atoms with E-state index in [1.165, 1.54) is 18.2 Å². The zero-order valence-electron chi connectivity index (χ0n) is 16.2. The summed E-state index contributed by atoms with van der Waals surface area (Å²) in [5.41, 5.74) is 2.12. The average Bonchev–Trinajstić information content (AvgIpc) is 3.40. The van der Waals surface area contributed by atoms with Gasteiger partial charge in [-0.05, 0) is 54.2 Å². The second-order valence-electron chi connectivity index (χ2n) is 7.88. The molecule has 1 aromatic heterocycles. The highest BCUT2D eigenvalue weighted by molar-refractivity contribution is 5.99. The Morgan fingerprint density at radius 1 is 1.10 bits per heavy atom. The summed E-state index contributed by atoms with van der Waals surface area (Å²) in [6.45, 7) is 0.270. The van der Waals surface area contributed by atoms with Gasteiger partial charge in [0.15, 0.2) is 0 Å². The molecule has 0 radical (unpaired) electrons. The molecule has 2 heterocycles. The number of halogens is 3. The molecule has 1 aliphatic carbocycles. The van der Waals surface area contributed by atoms with Gasteiger partial charge >= 0.3 is 6.43 Å². The summed E-state index contributed by atoms with van der Waals surface area (Å²) in [6, 6.07) is 10.0. The molecule has 2 aliphatic rings. The highest BCUT2D eigenvalue weighted by atomic mass is 19.3. The number of benzene rings is 2. The summed E-state index contributed by atoms with van der Waals surface area (Å²) >= 11 is 0. The Labute approximate surface area is 175 Å². The van der Waals surface area contributed by atoms with Gasteiger partial charge in [0.2, 0.25) is 5.89 Å². The van der Waals surface area contributed by atoms with E-state index in [1.54, 1.807) is 29.2 Å². The molecule has 0 saturated heterocycles. The van der Waals surface area contributed by atoms with Crippen molar-refractivity contribution in [3.05, 3.63) is 70.9 Å². The number of carbonyl (C=O) groups is 1. The van der Waals surface area contributed by atoms with Crippen molar-refractivity contribution in [2.75, 3.05) is 0 Å². The normalized spacial score (nSPS) is 17.8. The van der Waals surface area contributed by atoms with Crippen molar-refractivity contribution in [1.29, 1.82) is 0 Å². The lowest BCUT2D eigenvalue weighted by atomic mass is 9.96. The molecule has 1 fully saturated rings. The average molecular weight is 429 g/mol. The van der Waals surface area contributed by atoms with Crippen LogP contribution in [-0.4, -0.2) is 32.2 Å². The number of fused-ring (bicyclic) bond motifs is 1. The number of amides is 1. The molecule has 31 heavy (non-hydrogen) atoms. The smallest absolute Gasteiger partial charge is 0.314 e. The standard InChI is InChI=1S/C22H18F3N3O3/c23-15-7-5-11(6-8-15)17(18(29)12-1-2-12)28-10-14-4-3-13(9-16(14)22(28)30)20-26-27-21(31-20)19(24)25/h3-9,12,17-19,29H,1-2,10H2. The van der Waals surface area contributed by atoms with E-state index in [0.29, 0.717) is 16.7 Å². The topological polar surface area (TPSA) is 79.5 Å². The van der Waals surface area contributed by atoms with Crippen LogP contribution in [0.4, 0.5) is 13.2 Å². The Morgan fingerprint density at radius 3 is 2.48 bits per heavy atom. The number of rotatable bonds is 6. The van der Waals surface area contributed by atoms with Crippen LogP contribution in [0.5, 0.6) is 0 Å². The summed E-state index contributed by atoms with van der Waals surface area (Å²) in [5, 5.41) is 17.9. The number of aromatic nitrogens is 2. The van der Waals surface area contributed by atoms with Crippen molar-refractivity contribution in [3.63, 3.8) is 0 Å². The third kappa shape index (κ3) is 3.59. The lowest BCUT2D eigenvalue weighted by molar-refractivity contribution is 0.0282. The maximum Gasteiger partial charge on any atom is 0.314 e. The molecule has 2 aromatic carbocycles. The lowest BCUT2D eigenvalue weighted by Gasteiger charge is -2.32. The third-order valence-electron chi connectivity index (χ3n) is 5.79. The molecule has 1 amide bonds. The van der Waals surface area contributed by atoms with Gasteiger partial charge in [-0.15, -0.1) is 10.2 Å². The fourth-order valence-electron chi connectivity index (χ4n) is 4.04. The number of nitrogens with zero attached hydrogens (tertiary/aromatic N) is 3. The first-order chi connectivity index (χ1) is 14.9. The maximum absolute atomic E-state index is 13.4. The Bertz CT molecular complexity index is 1130. The van der Waals surface area contributed by atoms with Crippen LogP contribution < -0.4 is 0 Å². The molecular formula is C22H18F3N3O3. The van der Waals surface area contributed by atoms with Gasteiger partial charge in [-0.3, -0.25) is 4.79 Å². The Balaban J connectivity index is 1.47. The predicted octanol–water partition coefficient (Wildman–Crippen LogP) is 4.28. The summed E-state index contributed by atoms with van der Waals surface area (Å²) in [6.07, 6.45) is -1.90. The van der Waals surface area contributed by atoms with Crippen LogP contribution >= 0.6 is 0 Å². The molecular weight excluding hydrogens is 411 g/mol. The maximum atomic E-state index is 13.4. The van der Waals surface area contributed by atoms with Crippen LogP contribution in [-0.2, 0) is 6.54 Å². The van der Waals surface area contributed by atoms with E-state index in [4.69, 9.17) is 4.42 Å². The minimum absolute atomic E-state index is 0.0910. The van der Waals surface area contributed by atoms with E-state index in [1.807, 2.05) is 0 Å². The van der Waals surface area contributed by atoms with Gasteiger partial charge in [-0.1, -0.05) is 18.2 Å². The number of aliphatic hydroxyl groups excluding tert-OH is 1. The first-order valence-corrected chi connectivity index (χ1v) is 9.91. The van der Waals surface area contributed by atoms with Crippen LogP contribution in [0.2, 0.25) is 0 Å². The fourth-order valence-corrected chi connectivity index (χ4v) is 4.04. The van der Waals surface area contributed by atoms with Gasteiger partial charge in [0.05, 0.1) is 12.1 Å². The number of hydrogen-bond acceptors (Lipinski definition) is 5. The summed E-state index contributed by atoms with van der Waals surface area (Å²) in [4.78, 5) is 14.8. The largest absolute Gasteiger partial charge is 0.415 e. The molecule has 1 aliphatic heterocycles. The number of carbonyl (C=O) groups excluding carboxylic acids is 1. The highest BCUT2D eigenvalue weighted by Gasteiger charge is 2.43. The van der Waals surface area contributed by atoms with E-state index in [2.05, 4.69) is 10.2 Å². The Hall–Kier alpha value is -3.20. The van der Waals surface area contributed by atoms with Crippen molar-refractivity contribution in [3.8, 4) is 11.5 Å². The van der Waals surface area contributed by atoms with Crippen molar-refractivity contribution in [2.45, 2.75) is 38.0 Å². The van der Waals surface area contributed by atoms with Gasteiger partial charge in [-0.25, -0.2) is 4.39 Å². The van der Waals surface area contributed by atoms with Crippen molar-refractivity contribution in [1.82, 2.24) is 15.1 Å². The molecule has 2 atom stereocenters. The van der Waals surface area contributed by atoms with Crippen LogP contribution in [0, 0.1) is 11.7 Å². The second-order valence-corrected chi connectivity index (χ2v) is 7.88. The number of aliphatic hydroxyl groups is 1. The molecule has 0 spiro atoms. The van der Waals surface area contributed by atoms with Crippen molar-refractivity contribution in [2.24, 2.45) is 5.92 Å². The zero-order valence-corrected chi connectivity index (χ0v) is 16.2. The summed E-state index contributed by atoms with van der Waals surface area (Å²) in [5.74, 6) is -1.50. The molecule has 3 aromatic rings. The first kappa shape index (κ1) is 19.7. The van der Waals surface area contributed by atoms with Crippen molar-refractivity contribution < 1.29 is 27.5 Å². The monoisotopic (exact) mass is 429 g/mol. The minimum Gasteiger partial charge on any atom is -0.415 e. The van der Waals surface area contributed by atoms with Gasteiger partial charge in [0.1, 0.15) is 5.82 Å². The summed E-state index contributed by atoms with van der Waals surface area (Å²) < 4.78 is 43.9. The highest BCUT2D eigenvalue weighted by Crippen LogP contribution is 2.43. The molecule has 1 N–H and O–H groups in total. The minimum atomic E-state index is -2.88. The molecule has 9 heteroatoms. The molecule has 2 unspecified atom stereocenters. The van der Waals surface area contributed by atoms with Gasteiger partial charge in [0, 0.05) is 17.7 Å². The van der Waals surface area contributed by atoms with E-state index in [0.717, 1.165) is 18.4 Å². The van der Waals surface area contributed by atoms with Crippen LogP contribution in [0.25, 0.3) is 11.5 Å².